The van der Waals surface area contributed by atoms with Gasteiger partial charge in [-0.3, -0.25) is 4.84 Å². The minimum atomic E-state index is 0.938. The van der Waals surface area contributed by atoms with Crippen molar-refractivity contribution in [3.8, 4) is 0 Å². The predicted molar refractivity (Wildman–Crippen MR) is 44.1 cm³/mol. The van der Waals surface area contributed by atoms with Gasteiger partial charge in [0.25, 0.3) is 0 Å². The first-order valence-corrected chi connectivity index (χ1v) is 4.83. The summed E-state index contributed by atoms with van der Waals surface area (Å²) in [6, 6.07) is 0. The molecule has 0 spiro atoms. The summed E-state index contributed by atoms with van der Waals surface area (Å²) >= 11 is 0. The van der Waals surface area contributed by atoms with Gasteiger partial charge in [-0.15, -0.1) is 0 Å². The van der Waals surface area contributed by atoms with E-state index in [9.17, 15) is 0 Å². The van der Waals surface area contributed by atoms with Crippen molar-refractivity contribution >= 4 is 0 Å². The average molecular weight is 155 g/mol. The molecule has 0 bridgehead atoms. The summed E-state index contributed by atoms with van der Waals surface area (Å²) in [4.78, 5) is 5.45. The van der Waals surface area contributed by atoms with Crippen LogP contribution in [0.2, 0.25) is 0 Å². The van der Waals surface area contributed by atoms with Crippen molar-refractivity contribution in [1.29, 1.82) is 0 Å². The quantitative estimate of drug-likeness (QED) is 0.603. The highest BCUT2D eigenvalue weighted by atomic mass is 16.7. The van der Waals surface area contributed by atoms with Crippen molar-refractivity contribution < 1.29 is 4.84 Å². The fourth-order valence-corrected chi connectivity index (χ4v) is 2.12. The molecular formula is C9H17NO. The average Bonchev–Trinajstić information content (AvgIpc) is 2.60. The Kier molecular flexibility index (Phi) is 2.44. The molecule has 2 aliphatic rings. The van der Waals surface area contributed by atoms with E-state index in [0.717, 1.165) is 19.1 Å². The van der Waals surface area contributed by atoms with Crippen LogP contribution in [0.25, 0.3) is 0 Å². The Balaban J connectivity index is 1.71. The zero-order valence-corrected chi connectivity index (χ0v) is 7.09. The molecule has 1 saturated heterocycles. The summed E-state index contributed by atoms with van der Waals surface area (Å²) in [5.74, 6) is 0.938. The topological polar surface area (TPSA) is 12.5 Å². The van der Waals surface area contributed by atoms with Gasteiger partial charge in [-0.25, -0.2) is 0 Å². The summed E-state index contributed by atoms with van der Waals surface area (Å²) < 4.78 is 0. The van der Waals surface area contributed by atoms with Gasteiger partial charge < -0.3 is 0 Å². The van der Waals surface area contributed by atoms with Gasteiger partial charge in [-0.1, -0.05) is 12.8 Å². The van der Waals surface area contributed by atoms with Gasteiger partial charge in [0.05, 0.1) is 6.61 Å². The smallest absolute Gasteiger partial charge is 0.0698 e. The van der Waals surface area contributed by atoms with Crippen LogP contribution in [-0.4, -0.2) is 24.8 Å². The molecule has 2 heteroatoms. The zero-order chi connectivity index (χ0) is 7.52. The van der Waals surface area contributed by atoms with E-state index in [4.69, 9.17) is 4.84 Å². The third-order valence-electron chi connectivity index (χ3n) is 2.76. The highest BCUT2D eigenvalue weighted by Gasteiger charge is 2.20. The molecule has 0 atom stereocenters. The Bertz CT molecular complexity index is 101. The Labute approximate surface area is 68.5 Å². The first kappa shape index (κ1) is 7.56. The highest BCUT2D eigenvalue weighted by molar-refractivity contribution is 4.70. The van der Waals surface area contributed by atoms with Crippen LogP contribution in [0.4, 0.5) is 0 Å². The fourth-order valence-electron chi connectivity index (χ4n) is 2.12. The highest BCUT2D eigenvalue weighted by Crippen LogP contribution is 2.26. The van der Waals surface area contributed by atoms with E-state index < -0.39 is 0 Å². The van der Waals surface area contributed by atoms with E-state index in [1.54, 1.807) is 0 Å². The van der Waals surface area contributed by atoms with E-state index in [2.05, 4.69) is 5.06 Å². The van der Waals surface area contributed by atoms with Gasteiger partial charge in [-0.05, 0) is 25.2 Å². The van der Waals surface area contributed by atoms with Gasteiger partial charge in [0.1, 0.15) is 0 Å². The normalized spacial score (nSPS) is 28.4. The van der Waals surface area contributed by atoms with Crippen molar-refractivity contribution in [2.24, 2.45) is 5.92 Å². The van der Waals surface area contributed by atoms with Gasteiger partial charge >= 0.3 is 0 Å². The van der Waals surface area contributed by atoms with E-state index in [0.29, 0.717) is 0 Å². The van der Waals surface area contributed by atoms with Crippen LogP contribution in [-0.2, 0) is 4.84 Å². The monoisotopic (exact) mass is 155 g/mol. The second kappa shape index (κ2) is 3.55. The van der Waals surface area contributed by atoms with Crippen molar-refractivity contribution in [3.05, 3.63) is 0 Å². The molecule has 2 nitrogen and oxygen atoms in total. The molecule has 2 fully saturated rings. The summed E-state index contributed by atoms with van der Waals surface area (Å²) in [6.07, 6.45) is 6.98. The maximum atomic E-state index is 5.45. The van der Waals surface area contributed by atoms with Crippen LogP contribution in [0.1, 0.15) is 32.1 Å². The maximum Gasteiger partial charge on any atom is 0.0698 e. The first-order chi connectivity index (χ1) is 5.45. The number of rotatable bonds is 2. The van der Waals surface area contributed by atoms with E-state index in [1.807, 2.05) is 0 Å². The van der Waals surface area contributed by atoms with Gasteiger partial charge in [0, 0.05) is 13.1 Å². The van der Waals surface area contributed by atoms with Crippen LogP contribution in [0.3, 0.4) is 0 Å². The molecule has 0 N–H and O–H groups in total. The molecule has 0 aromatic heterocycles. The maximum absolute atomic E-state index is 5.45. The lowest BCUT2D eigenvalue weighted by atomic mass is 10.1. The Morgan fingerprint density at radius 3 is 2.64 bits per heavy atom. The lowest BCUT2D eigenvalue weighted by molar-refractivity contribution is -0.118. The van der Waals surface area contributed by atoms with Gasteiger partial charge in [-0.2, -0.15) is 5.06 Å². The summed E-state index contributed by atoms with van der Waals surface area (Å²) in [5.41, 5.74) is 0. The summed E-state index contributed by atoms with van der Waals surface area (Å²) in [5, 5.41) is 2.16. The molecule has 1 heterocycles. The first-order valence-electron chi connectivity index (χ1n) is 4.83. The second-order valence-electron chi connectivity index (χ2n) is 3.73. The molecule has 0 aromatic rings. The molecule has 1 aliphatic carbocycles. The molecule has 1 aliphatic heterocycles. The Morgan fingerprint density at radius 1 is 1.18 bits per heavy atom. The third-order valence-corrected chi connectivity index (χ3v) is 2.76. The van der Waals surface area contributed by atoms with E-state index >= 15 is 0 Å². The summed E-state index contributed by atoms with van der Waals surface area (Å²) in [6.45, 7) is 3.31. The molecule has 64 valence electrons. The van der Waals surface area contributed by atoms with Crippen LogP contribution in [0.5, 0.6) is 0 Å². The molecule has 1 saturated carbocycles. The van der Waals surface area contributed by atoms with Crippen molar-refractivity contribution in [2.75, 3.05) is 19.7 Å². The summed E-state index contributed by atoms with van der Waals surface area (Å²) in [7, 11) is 0. The van der Waals surface area contributed by atoms with Gasteiger partial charge in [0.2, 0.25) is 0 Å². The molecule has 0 radical (unpaired) electrons. The van der Waals surface area contributed by atoms with Crippen LogP contribution in [0, 0.1) is 5.92 Å². The SMILES string of the molecule is C1CCC(CN2CCCO2)C1. The largest absolute Gasteiger partial charge is 0.299 e. The lowest BCUT2D eigenvalue weighted by Gasteiger charge is -2.17. The number of nitrogens with zero attached hydrogens (tertiary/aromatic N) is 1. The number of hydrogen-bond acceptors (Lipinski definition) is 2. The molecule has 0 unspecified atom stereocenters. The van der Waals surface area contributed by atoms with Crippen LogP contribution < -0.4 is 0 Å². The minimum absolute atomic E-state index is 0.938. The van der Waals surface area contributed by atoms with E-state index in [1.165, 1.54) is 38.6 Å². The Morgan fingerprint density at radius 2 is 2.00 bits per heavy atom. The number of hydroxylamine groups is 2. The van der Waals surface area contributed by atoms with Crippen molar-refractivity contribution in [1.82, 2.24) is 5.06 Å². The standard InChI is InChI=1S/C9H17NO/c1-2-5-9(4-1)8-10-6-3-7-11-10/h9H,1-8H2. The van der Waals surface area contributed by atoms with Crippen LogP contribution in [0.15, 0.2) is 0 Å². The molecular weight excluding hydrogens is 138 g/mol. The Hall–Kier alpha value is -0.0800. The molecule has 11 heavy (non-hydrogen) atoms. The van der Waals surface area contributed by atoms with E-state index in [-0.39, 0.29) is 0 Å². The molecule has 0 aromatic carbocycles. The van der Waals surface area contributed by atoms with Crippen molar-refractivity contribution in [3.63, 3.8) is 0 Å². The molecule has 0 amide bonds. The van der Waals surface area contributed by atoms with Crippen LogP contribution >= 0.6 is 0 Å². The minimum Gasteiger partial charge on any atom is -0.299 e. The fraction of sp³-hybridized carbons (Fsp3) is 1.00. The number of hydrogen-bond donors (Lipinski definition) is 0. The van der Waals surface area contributed by atoms with Crippen molar-refractivity contribution in [2.45, 2.75) is 32.1 Å². The van der Waals surface area contributed by atoms with Gasteiger partial charge in [0.15, 0.2) is 0 Å². The zero-order valence-electron chi connectivity index (χ0n) is 7.09. The lowest BCUT2D eigenvalue weighted by Crippen LogP contribution is -2.24. The predicted octanol–water partition coefficient (Wildman–Crippen LogP) is 1.81. The second-order valence-corrected chi connectivity index (χ2v) is 3.73. The molecule has 2 rings (SSSR count). The third kappa shape index (κ3) is 1.94.